The van der Waals surface area contributed by atoms with E-state index >= 15 is 0 Å². The maximum Gasteiger partial charge on any atom is 0.438 e. The van der Waals surface area contributed by atoms with Gasteiger partial charge in [0.1, 0.15) is 0 Å². The molecule has 0 unspecified atom stereocenters. The first-order valence-electron chi connectivity index (χ1n) is 8.90. The molecule has 0 amide bonds. The van der Waals surface area contributed by atoms with Crippen molar-refractivity contribution in [3.8, 4) is 0 Å². The topological polar surface area (TPSA) is 52.6 Å². The number of alkyl halides is 12. The number of ether oxygens (including phenoxy) is 2. The average Bonchev–Trinajstić information content (AvgIpc) is 2.48. The van der Waals surface area contributed by atoms with Gasteiger partial charge in [-0.25, -0.2) is 9.59 Å². The second-order valence-corrected chi connectivity index (χ2v) is 9.03. The van der Waals surface area contributed by atoms with E-state index in [1.807, 2.05) is 0 Å². The molecule has 0 bridgehead atoms. The molecule has 34 heavy (non-hydrogen) atoms. The van der Waals surface area contributed by atoms with Crippen LogP contribution in [0.1, 0.15) is 41.5 Å². The van der Waals surface area contributed by atoms with E-state index in [-0.39, 0.29) is 0 Å². The van der Waals surface area contributed by atoms with Crippen molar-refractivity contribution in [3.63, 3.8) is 0 Å². The molecule has 16 heteroatoms. The highest BCUT2D eigenvalue weighted by molar-refractivity contribution is 5.92. The van der Waals surface area contributed by atoms with Gasteiger partial charge in [0, 0.05) is 23.0 Å². The summed E-state index contributed by atoms with van der Waals surface area (Å²) in [5.74, 6) is -5.08. The molecule has 4 nitrogen and oxygen atoms in total. The minimum absolute atomic E-state index is 0.406. The Balaban J connectivity index is 6.31. The molecule has 0 rings (SSSR count). The zero-order valence-corrected chi connectivity index (χ0v) is 18.3. The molecule has 0 saturated carbocycles. The first-order chi connectivity index (χ1) is 14.5. The minimum Gasteiger partial charge on any atom is -0.436 e. The van der Waals surface area contributed by atoms with Crippen LogP contribution in [0.25, 0.3) is 0 Å². The van der Waals surface area contributed by atoms with Gasteiger partial charge in [0.15, 0.2) is 0 Å². The molecule has 0 saturated heterocycles. The summed E-state index contributed by atoms with van der Waals surface area (Å²) in [6, 6.07) is 0. The van der Waals surface area contributed by atoms with Crippen LogP contribution < -0.4 is 0 Å². The van der Waals surface area contributed by atoms with Crippen molar-refractivity contribution >= 4 is 11.9 Å². The molecule has 0 N–H and O–H groups in total. The molecule has 0 aromatic carbocycles. The standard InChI is InChI=1S/C18H20F12O4/c1-11(2,3)13(15(19,20)21,16(22,23)24)33-9(31)7-8-10(32)34-14(12(4,5)6,17(25,26)27)18(28,29)30/h7-8H,1-6H3/b8-7+. The molecule has 0 aliphatic carbocycles. The fraction of sp³-hybridized carbons (Fsp3) is 0.778. The number of hydrogen-bond donors (Lipinski definition) is 0. The smallest absolute Gasteiger partial charge is 0.436 e. The average molecular weight is 528 g/mol. The third-order valence-corrected chi connectivity index (χ3v) is 4.57. The van der Waals surface area contributed by atoms with Gasteiger partial charge in [-0.1, -0.05) is 41.5 Å². The highest BCUT2D eigenvalue weighted by Crippen LogP contribution is 2.56. The van der Waals surface area contributed by atoms with Crippen LogP contribution in [0.2, 0.25) is 0 Å². The molecule has 0 spiro atoms. The van der Waals surface area contributed by atoms with Gasteiger partial charge < -0.3 is 9.47 Å². The van der Waals surface area contributed by atoms with Crippen LogP contribution in [0.4, 0.5) is 52.7 Å². The van der Waals surface area contributed by atoms with Gasteiger partial charge in [-0.3, -0.25) is 0 Å². The lowest BCUT2D eigenvalue weighted by atomic mass is 9.75. The maximum absolute atomic E-state index is 13.4. The van der Waals surface area contributed by atoms with Crippen molar-refractivity contribution in [1.82, 2.24) is 0 Å². The Bertz CT molecular complexity index is 649. The van der Waals surface area contributed by atoms with E-state index in [2.05, 4.69) is 9.47 Å². The zero-order valence-electron chi connectivity index (χ0n) is 18.3. The third-order valence-electron chi connectivity index (χ3n) is 4.57. The van der Waals surface area contributed by atoms with Gasteiger partial charge in [-0.15, -0.1) is 0 Å². The Morgan fingerprint density at radius 3 is 0.765 bits per heavy atom. The van der Waals surface area contributed by atoms with Crippen LogP contribution in [0.5, 0.6) is 0 Å². The number of rotatable bonds is 4. The Hall–Kier alpha value is -2.16. The van der Waals surface area contributed by atoms with Crippen LogP contribution in [0.15, 0.2) is 12.2 Å². The van der Waals surface area contributed by atoms with E-state index in [1.165, 1.54) is 0 Å². The Morgan fingerprint density at radius 2 is 0.647 bits per heavy atom. The normalized spacial score (nSPS) is 15.5. The van der Waals surface area contributed by atoms with Crippen molar-refractivity contribution in [2.45, 2.75) is 77.4 Å². The third kappa shape index (κ3) is 5.56. The minimum atomic E-state index is -6.26. The number of halogens is 12. The SMILES string of the molecule is CC(C)(C)C(OC(=O)/C=C/C(=O)OC(C(C)(C)C)(C(F)(F)F)C(F)(F)F)(C(F)(F)F)C(F)(F)F. The predicted molar refractivity (Wildman–Crippen MR) is 89.9 cm³/mol. The summed E-state index contributed by atoms with van der Waals surface area (Å²) in [7, 11) is 0. The largest absolute Gasteiger partial charge is 0.438 e. The second kappa shape index (κ2) is 8.81. The van der Waals surface area contributed by atoms with Gasteiger partial charge in [-0.05, 0) is 0 Å². The zero-order chi connectivity index (χ0) is 28.0. The Kier molecular flexibility index (Phi) is 8.25. The molecule has 0 fully saturated rings. The summed E-state index contributed by atoms with van der Waals surface area (Å²) >= 11 is 0. The second-order valence-electron chi connectivity index (χ2n) is 9.03. The highest BCUT2D eigenvalue weighted by atomic mass is 19.4. The van der Waals surface area contributed by atoms with Crippen LogP contribution in [-0.4, -0.2) is 47.8 Å². The highest BCUT2D eigenvalue weighted by Gasteiger charge is 2.80. The molecule has 0 atom stereocenters. The van der Waals surface area contributed by atoms with Gasteiger partial charge in [-0.2, -0.15) is 52.7 Å². The van der Waals surface area contributed by atoms with E-state index in [4.69, 9.17) is 0 Å². The summed E-state index contributed by atoms with van der Waals surface area (Å²) in [5, 5.41) is 0. The van der Waals surface area contributed by atoms with Crippen molar-refractivity contribution in [2.75, 3.05) is 0 Å². The molecule has 0 heterocycles. The van der Waals surface area contributed by atoms with E-state index in [1.54, 1.807) is 0 Å². The summed E-state index contributed by atoms with van der Waals surface area (Å²) in [5.41, 5.74) is -16.1. The van der Waals surface area contributed by atoms with Crippen LogP contribution >= 0.6 is 0 Å². The number of esters is 2. The van der Waals surface area contributed by atoms with Crippen LogP contribution in [0.3, 0.4) is 0 Å². The fourth-order valence-electron chi connectivity index (χ4n) is 3.07. The number of carbonyl (C=O) groups is 2. The molecular weight excluding hydrogens is 508 g/mol. The molecule has 0 radical (unpaired) electrons. The molecule has 0 aromatic heterocycles. The number of carbonyl (C=O) groups excluding carboxylic acids is 2. The quantitative estimate of drug-likeness (QED) is 0.239. The molecular formula is C18H20F12O4. The van der Waals surface area contributed by atoms with Crippen LogP contribution in [0, 0.1) is 10.8 Å². The van der Waals surface area contributed by atoms with Crippen molar-refractivity contribution in [3.05, 3.63) is 12.2 Å². The van der Waals surface area contributed by atoms with Gasteiger partial charge >= 0.3 is 47.8 Å². The molecule has 200 valence electrons. The summed E-state index contributed by atoms with van der Waals surface area (Å²) in [6.45, 7) is 2.44. The first-order valence-corrected chi connectivity index (χ1v) is 8.90. The van der Waals surface area contributed by atoms with E-state index in [0.717, 1.165) is 0 Å². The lowest BCUT2D eigenvalue weighted by molar-refractivity contribution is -0.397. The fourth-order valence-corrected chi connectivity index (χ4v) is 3.07. The van der Waals surface area contributed by atoms with Crippen molar-refractivity contribution < 1.29 is 71.7 Å². The van der Waals surface area contributed by atoms with Gasteiger partial charge in [0.2, 0.25) is 0 Å². The van der Waals surface area contributed by atoms with Crippen molar-refractivity contribution in [1.29, 1.82) is 0 Å². The van der Waals surface area contributed by atoms with E-state index in [0.29, 0.717) is 41.5 Å². The molecule has 0 aromatic rings. The number of hydrogen-bond acceptors (Lipinski definition) is 4. The maximum atomic E-state index is 13.4. The lowest BCUT2D eigenvalue weighted by Gasteiger charge is -2.45. The lowest BCUT2D eigenvalue weighted by Crippen LogP contribution is -2.67. The van der Waals surface area contributed by atoms with Gasteiger partial charge in [0.05, 0.1) is 0 Å². The van der Waals surface area contributed by atoms with E-state index in [9.17, 15) is 62.3 Å². The molecule has 0 aliphatic rings. The van der Waals surface area contributed by atoms with Crippen LogP contribution in [-0.2, 0) is 19.1 Å². The summed E-state index contributed by atoms with van der Waals surface area (Å²) < 4.78 is 168. The first kappa shape index (κ1) is 31.8. The van der Waals surface area contributed by atoms with Gasteiger partial charge in [0.25, 0.3) is 0 Å². The molecule has 0 aliphatic heterocycles. The van der Waals surface area contributed by atoms with E-state index < -0.39 is 70.8 Å². The predicted octanol–water partition coefficient (Wildman–Crippen LogP) is 6.45. The Morgan fingerprint density at radius 1 is 0.471 bits per heavy atom. The summed E-state index contributed by atoms with van der Waals surface area (Å²) in [4.78, 5) is 23.4. The van der Waals surface area contributed by atoms with Crippen molar-refractivity contribution in [2.24, 2.45) is 10.8 Å². The monoisotopic (exact) mass is 528 g/mol. The Labute approximate surface area is 185 Å². The summed E-state index contributed by atoms with van der Waals surface area (Å²) in [6.07, 6.45) is -26.1.